The Balaban J connectivity index is 1.83. The molecule has 0 bridgehead atoms. The Morgan fingerprint density at radius 2 is 1.62 bits per heavy atom. The normalized spacial score (nSPS) is 16.1. The van der Waals surface area contributed by atoms with Crippen LogP contribution in [0.3, 0.4) is 0 Å². The number of nitrogens with zero attached hydrogens (tertiary/aromatic N) is 3. The fourth-order valence-electron chi connectivity index (χ4n) is 5.43. The van der Waals surface area contributed by atoms with Gasteiger partial charge in [0.2, 0.25) is 0 Å². The van der Waals surface area contributed by atoms with Gasteiger partial charge in [-0.1, -0.05) is 40.9 Å². The van der Waals surface area contributed by atoms with Crippen LogP contribution >= 0.6 is 34.8 Å². The number of aromatic nitrogens is 2. The van der Waals surface area contributed by atoms with E-state index in [0.29, 0.717) is 56.4 Å². The van der Waals surface area contributed by atoms with E-state index in [4.69, 9.17) is 39.8 Å². The maximum absolute atomic E-state index is 14.0. The van der Waals surface area contributed by atoms with Gasteiger partial charge in [-0.05, 0) is 94.7 Å². The number of hydrogen-bond donors (Lipinski definition) is 1. The van der Waals surface area contributed by atoms with Crippen molar-refractivity contribution >= 4 is 45.8 Å². The van der Waals surface area contributed by atoms with Crippen molar-refractivity contribution in [1.29, 1.82) is 0 Å². The number of fused-ring (bicyclic) bond motifs is 1. The molecule has 1 aliphatic rings. The van der Waals surface area contributed by atoms with Crippen molar-refractivity contribution in [2.24, 2.45) is 0 Å². The summed E-state index contributed by atoms with van der Waals surface area (Å²) in [7, 11) is 0. The summed E-state index contributed by atoms with van der Waals surface area (Å²) < 4.78 is 15.4. The Hall–Kier alpha value is -2.48. The van der Waals surface area contributed by atoms with E-state index in [0.717, 1.165) is 13.1 Å². The average molecular weight is 589 g/mol. The third-order valence-electron chi connectivity index (χ3n) is 7.76. The summed E-state index contributed by atoms with van der Waals surface area (Å²) >= 11 is 19.7. The number of pyridine rings is 2. The summed E-state index contributed by atoms with van der Waals surface area (Å²) in [4.78, 5) is 20.8. The molecule has 0 spiro atoms. The lowest BCUT2D eigenvalue weighted by Crippen LogP contribution is -2.51. The predicted octanol–water partition coefficient (Wildman–Crippen LogP) is 7.28. The van der Waals surface area contributed by atoms with Crippen LogP contribution in [0.25, 0.3) is 27.8 Å². The summed E-state index contributed by atoms with van der Waals surface area (Å²) in [6.07, 6.45) is 1.33. The second-order valence-electron chi connectivity index (χ2n) is 11.1. The summed E-state index contributed by atoms with van der Waals surface area (Å²) in [6, 6.07) is 14.3. The summed E-state index contributed by atoms with van der Waals surface area (Å²) in [5.74, 6) is -0.455. The predicted molar refractivity (Wildman–Crippen MR) is 157 cm³/mol. The van der Waals surface area contributed by atoms with Crippen LogP contribution in [-0.4, -0.2) is 44.8 Å². The van der Waals surface area contributed by atoms with E-state index in [2.05, 4.69) is 25.7 Å². The Kier molecular flexibility index (Phi) is 7.55. The molecule has 5 nitrogen and oxygen atoms in total. The van der Waals surface area contributed by atoms with Crippen molar-refractivity contribution in [3.8, 4) is 16.8 Å². The molecule has 3 heterocycles. The molecular weight excluding hydrogens is 560 g/mol. The number of likely N-dealkylation sites (tertiary alicyclic amines) is 1. The van der Waals surface area contributed by atoms with Gasteiger partial charge in [-0.3, -0.25) is 14.3 Å². The van der Waals surface area contributed by atoms with Crippen LogP contribution in [0.1, 0.15) is 39.3 Å². The Morgan fingerprint density at radius 3 is 2.21 bits per heavy atom. The molecule has 0 amide bonds. The fourth-order valence-corrected chi connectivity index (χ4v) is 6.27. The first-order valence-corrected chi connectivity index (χ1v) is 13.9. The summed E-state index contributed by atoms with van der Waals surface area (Å²) in [5.41, 5.74) is 1.51. The number of benzene rings is 2. The molecule has 204 valence electrons. The first-order chi connectivity index (χ1) is 18.4. The molecule has 0 saturated carbocycles. The molecule has 0 unspecified atom stereocenters. The standard InChI is InChI=1S/C30H29Cl3FN3O2/c1-29(2,3)36-13-11-30(17-38,12-14-36)25-16-21(19-8-7-18(34)15-24(19)33)20-9-10-26(39)37(28(20)35-25)27-22(31)5-4-6-23(27)32/h4-10,15-16,38H,11-14,17H2,1-3H3. The lowest BCUT2D eigenvalue weighted by atomic mass is 9.74. The topological polar surface area (TPSA) is 58.4 Å². The van der Waals surface area contributed by atoms with E-state index in [1.807, 2.05) is 6.07 Å². The number of para-hydroxylation sites is 1. The molecule has 2 aromatic carbocycles. The van der Waals surface area contributed by atoms with Gasteiger partial charge in [-0.25, -0.2) is 9.37 Å². The third kappa shape index (κ3) is 5.09. The van der Waals surface area contributed by atoms with Gasteiger partial charge in [0.05, 0.1) is 33.1 Å². The molecule has 0 aliphatic carbocycles. The minimum Gasteiger partial charge on any atom is -0.395 e. The van der Waals surface area contributed by atoms with Gasteiger partial charge in [0.25, 0.3) is 5.56 Å². The van der Waals surface area contributed by atoms with Crippen LogP contribution in [0.2, 0.25) is 15.1 Å². The fraction of sp³-hybridized carbons (Fsp3) is 0.333. The number of halogens is 4. The van der Waals surface area contributed by atoms with Gasteiger partial charge in [0.15, 0.2) is 0 Å². The van der Waals surface area contributed by atoms with Crippen LogP contribution in [0.15, 0.2) is 59.4 Å². The van der Waals surface area contributed by atoms with E-state index in [1.54, 1.807) is 30.3 Å². The number of rotatable bonds is 4. The quantitative estimate of drug-likeness (QED) is 0.272. The molecule has 1 N–H and O–H groups in total. The summed E-state index contributed by atoms with van der Waals surface area (Å²) in [6.45, 7) is 7.95. The zero-order valence-electron chi connectivity index (χ0n) is 21.9. The van der Waals surface area contributed by atoms with E-state index >= 15 is 0 Å². The minimum absolute atomic E-state index is 0.00743. The lowest BCUT2D eigenvalue weighted by molar-refractivity contribution is 0.0477. The molecule has 9 heteroatoms. The molecule has 0 atom stereocenters. The van der Waals surface area contributed by atoms with Crippen LogP contribution < -0.4 is 5.56 Å². The van der Waals surface area contributed by atoms with Crippen LogP contribution in [-0.2, 0) is 5.41 Å². The van der Waals surface area contributed by atoms with E-state index in [9.17, 15) is 14.3 Å². The molecule has 1 saturated heterocycles. The lowest BCUT2D eigenvalue weighted by Gasteiger charge is -2.45. The maximum Gasteiger partial charge on any atom is 0.256 e. The first-order valence-electron chi connectivity index (χ1n) is 12.8. The smallest absolute Gasteiger partial charge is 0.256 e. The molecule has 39 heavy (non-hydrogen) atoms. The highest BCUT2D eigenvalue weighted by molar-refractivity contribution is 6.38. The van der Waals surface area contributed by atoms with Crippen LogP contribution in [0.4, 0.5) is 4.39 Å². The number of aliphatic hydroxyl groups is 1. The Morgan fingerprint density at radius 1 is 0.949 bits per heavy atom. The highest BCUT2D eigenvalue weighted by Gasteiger charge is 2.40. The number of aliphatic hydroxyl groups excluding tert-OH is 1. The largest absolute Gasteiger partial charge is 0.395 e. The molecule has 4 aromatic rings. The van der Waals surface area contributed by atoms with Crippen molar-refractivity contribution in [2.45, 2.75) is 44.6 Å². The number of piperidine rings is 1. The van der Waals surface area contributed by atoms with Crippen molar-refractivity contribution in [3.05, 3.63) is 91.5 Å². The molecule has 1 fully saturated rings. The molecule has 0 radical (unpaired) electrons. The van der Waals surface area contributed by atoms with Crippen molar-refractivity contribution < 1.29 is 9.50 Å². The second-order valence-corrected chi connectivity index (χ2v) is 12.3. The summed E-state index contributed by atoms with van der Waals surface area (Å²) in [5, 5.41) is 12.2. The van der Waals surface area contributed by atoms with Crippen molar-refractivity contribution in [3.63, 3.8) is 0 Å². The molecule has 5 rings (SSSR count). The van der Waals surface area contributed by atoms with Gasteiger partial charge in [0, 0.05) is 28.0 Å². The molecule has 2 aromatic heterocycles. The molecular formula is C30H29Cl3FN3O2. The highest BCUT2D eigenvalue weighted by atomic mass is 35.5. The zero-order chi connectivity index (χ0) is 28.1. The van der Waals surface area contributed by atoms with Crippen molar-refractivity contribution in [2.75, 3.05) is 19.7 Å². The Bertz CT molecular complexity index is 1600. The Labute approximate surface area is 241 Å². The van der Waals surface area contributed by atoms with Gasteiger partial charge < -0.3 is 5.11 Å². The average Bonchev–Trinajstić information content (AvgIpc) is 2.88. The minimum atomic E-state index is -0.655. The van der Waals surface area contributed by atoms with E-state index in [1.165, 1.54) is 22.8 Å². The SMILES string of the molecule is CC(C)(C)N1CCC(CO)(c2cc(-c3ccc(F)cc3Cl)c3ccc(=O)n(-c4c(Cl)cccc4Cl)c3n2)CC1. The highest BCUT2D eigenvalue weighted by Crippen LogP contribution is 2.41. The number of hydrogen-bond acceptors (Lipinski definition) is 4. The van der Waals surface area contributed by atoms with Gasteiger partial charge in [0.1, 0.15) is 11.5 Å². The van der Waals surface area contributed by atoms with Gasteiger partial charge in [-0.15, -0.1) is 0 Å². The van der Waals surface area contributed by atoms with Crippen LogP contribution in [0, 0.1) is 5.82 Å². The van der Waals surface area contributed by atoms with Gasteiger partial charge in [-0.2, -0.15) is 0 Å². The monoisotopic (exact) mass is 587 g/mol. The van der Waals surface area contributed by atoms with Crippen LogP contribution in [0.5, 0.6) is 0 Å². The second kappa shape index (κ2) is 10.5. The zero-order valence-corrected chi connectivity index (χ0v) is 24.2. The third-order valence-corrected chi connectivity index (χ3v) is 8.68. The van der Waals surface area contributed by atoms with Crippen molar-refractivity contribution in [1.82, 2.24) is 14.5 Å². The molecule has 1 aliphatic heterocycles. The van der Waals surface area contributed by atoms with E-state index < -0.39 is 11.2 Å². The maximum atomic E-state index is 14.0. The van der Waals surface area contributed by atoms with E-state index in [-0.39, 0.29) is 22.7 Å². The first kappa shape index (κ1) is 28.1. The van der Waals surface area contributed by atoms with Gasteiger partial charge >= 0.3 is 0 Å².